The van der Waals surface area contributed by atoms with E-state index in [0.29, 0.717) is 6.42 Å². The number of aromatic hydroxyl groups is 1. The monoisotopic (exact) mass is 307 g/mol. The minimum atomic E-state index is -3.59. The van der Waals surface area contributed by atoms with Crippen LogP contribution in [0.3, 0.4) is 0 Å². The number of sulfonamides is 1. The molecular weight excluding hydrogens is 290 g/mol. The molecule has 0 unspecified atom stereocenters. The standard InChI is InChI=1S/C11H17NO5S2/c1-3-4-7-19(16,17)12-10-8-9(18(2,14)15)5-6-11(10)13/h5-6,8,12-13H,3-4,7H2,1-2H3. The molecule has 0 saturated carbocycles. The highest BCUT2D eigenvalue weighted by molar-refractivity contribution is 7.92. The van der Waals surface area contributed by atoms with Crippen LogP contribution in [-0.4, -0.2) is 34.0 Å². The minimum Gasteiger partial charge on any atom is -0.506 e. The van der Waals surface area contributed by atoms with Gasteiger partial charge < -0.3 is 5.11 Å². The number of sulfone groups is 1. The average molecular weight is 307 g/mol. The van der Waals surface area contributed by atoms with Gasteiger partial charge in [-0.3, -0.25) is 4.72 Å². The molecule has 0 aliphatic carbocycles. The normalized spacial score (nSPS) is 12.3. The Labute approximate surface area is 113 Å². The Morgan fingerprint density at radius 2 is 1.84 bits per heavy atom. The van der Waals surface area contributed by atoms with Gasteiger partial charge in [-0.1, -0.05) is 13.3 Å². The highest BCUT2D eigenvalue weighted by atomic mass is 32.2. The Kier molecular flexibility index (Phi) is 4.81. The van der Waals surface area contributed by atoms with Gasteiger partial charge in [-0.2, -0.15) is 0 Å². The highest BCUT2D eigenvalue weighted by Gasteiger charge is 2.15. The summed E-state index contributed by atoms with van der Waals surface area (Å²) in [6.45, 7) is 1.86. The van der Waals surface area contributed by atoms with Crippen LogP contribution in [0.2, 0.25) is 0 Å². The Morgan fingerprint density at radius 1 is 1.21 bits per heavy atom. The SMILES string of the molecule is CCCCS(=O)(=O)Nc1cc(S(C)(=O)=O)ccc1O. The summed E-state index contributed by atoms with van der Waals surface area (Å²) in [4.78, 5) is -0.0570. The smallest absolute Gasteiger partial charge is 0.232 e. The molecule has 8 heteroatoms. The molecule has 2 N–H and O–H groups in total. The van der Waals surface area contributed by atoms with Gasteiger partial charge in [0.15, 0.2) is 9.84 Å². The first-order valence-corrected chi connectivity index (χ1v) is 9.23. The fourth-order valence-corrected chi connectivity index (χ4v) is 3.30. The molecule has 19 heavy (non-hydrogen) atoms. The number of rotatable bonds is 6. The van der Waals surface area contributed by atoms with Crippen molar-refractivity contribution in [2.24, 2.45) is 0 Å². The maximum atomic E-state index is 11.7. The zero-order valence-corrected chi connectivity index (χ0v) is 12.4. The van der Waals surface area contributed by atoms with E-state index in [9.17, 15) is 21.9 Å². The van der Waals surface area contributed by atoms with Gasteiger partial charge in [-0.25, -0.2) is 16.8 Å². The summed E-state index contributed by atoms with van der Waals surface area (Å²) in [6.07, 6.45) is 2.22. The molecule has 1 rings (SSSR count). The number of phenols is 1. The van der Waals surface area contributed by atoms with Crippen molar-refractivity contribution in [3.8, 4) is 5.75 Å². The first-order valence-electron chi connectivity index (χ1n) is 5.69. The van der Waals surface area contributed by atoms with E-state index in [-0.39, 0.29) is 22.1 Å². The molecule has 108 valence electrons. The van der Waals surface area contributed by atoms with Crippen LogP contribution in [-0.2, 0) is 19.9 Å². The van der Waals surface area contributed by atoms with E-state index in [2.05, 4.69) is 4.72 Å². The quantitative estimate of drug-likeness (QED) is 0.772. The third-order valence-corrected chi connectivity index (χ3v) is 4.90. The summed E-state index contributed by atoms with van der Waals surface area (Å²) in [6, 6.07) is 3.47. The molecule has 1 aromatic rings. The number of benzene rings is 1. The predicted octanol–water partition coefficient (Wildman–Crippen LogP) is 1.34. The van der Waals surface area contributed by atoms with Crippen molar-refractivity contribution in [2.45, 2.75) is 24.7 Å². The predicted molar refractivity (Wildman–Crippen MR) is 73.5 cm³/mol. The molecule has 6 nitrogen and oxygen atoms in total. The van der Waals surface area contributed by atoms with E-state index in [4.69, 9.17) is 0 Å². The Bertz CT molecular complexity index is 650. The van der Waals surface area contributed by atoms with E-state index in [1.807, 2.05) is 6.92 Å². The van der Waals surface area contributed by atoms with E-state index in [1.54, 1.807) is 0 Å². The Morgan fingerprint density at radius 3 is 2.37 bits per heavy atom. The molecule has 0 aromatic heterocycles. The molecule has 0 aliphatic heterocycles. The maximum absolute atomic E-state index is 11.7. The topological polar surface area (TPSA) is 101 Å². The van der Waals surface area contributed by atoms with Crippen LogP contribution in [0.25, 0.3) is 0 Å². The highest BCUT2D eigenvalue weighted by Crippen LogP contribution is 2.27. The first kappa shape index (κ1) is 15.8. The van der Waals surface area contributed by atoms with E-state index < -0.39 is 19.9 Å². The van der Waals surface area contributed by atoms with Crippen LogP contribution >= 0.6 is 0 Å². The summed E-state index contributed by atoms with van der Waals surface area (Å²) in [5.41, 5.74) is -0.126. The lowest BCUT2D eigenvalue weighted by Crippen LogP contribution is -2.17. The molecule has 0 saturated heterocycles. The molecule has 0 bridgehead atoms. The second kappa shape index (κ2) is 5.79. The van der Waals surface area contributed by atoms with Gasteiger partial charge in [0.2, 0.25) is 10.0 Å². The van der Waals surface area contributed by atoms with Gasteiger partial charge in [0.1, 0.15) is 5.75 Å². The zero-order chi connectivity index (χ0) is 14.7. The van der Waals surface area contributed by atoms with Crippen molar-refractivity contribution in [3.63, 3.8) is 0 Å². The van der Waals surface area contributed by atoms with Crippen LogP contribution in [0.5, 0.6) is 5.75 Å². The van der Waals surface area contributed by atoms with Gasteiger partial charge >= 0.3 is 0 Å². The molecule has 0 spiro atoms. The number of hydrogen-bond donors (Lipinski definition) is 2. The summed E-state index contributed by atoms with van der Waals surface area (Å²) < 4.78 is 48.3. The van der Waals surface area contributed by atoms with Crippen molar-refractivity contribution in [1.82, 2.24) is 0 Å². The molecule has 1 aromatic carbocycles. The number of anilines is 1. The summed E-state index contributed by atoms with van der Waals surface area (Å²) >= 11 is 0. The Hall–Kier alpha value is -1.28. The van der Waals surface area contributed by atoms with E-state index in [0.717, 1.165) is 24.8 Å². The number of hydrogen-bond acceptors (Lipinski definition) is 5. The first-order chi connectivity index (χ1) is 8.65. The van der Waals surface area contributed by atoms with E-state index >= 15 is 0 Å². The van der Waals surface area contributed by atoms with Gasteiger partial charge in [-0.15, -0.1) is 0 Å². The third kappa shape index (κ3) is 4.71. The van der Waals surface area contributed by atoms with Crippen LogP contribution < -0.4 is 4.72 Å². The fourth-order valence-electron chi connectivity index (χ4n) is 1.38. The lowest BCUT2D eigenvalue weighted by atomic mass is 10.3. The zero-order valence-electron chi connectivity index (χ0n) is 10.8. The Balaban J connectivity index is 3.08. The second-order valence-electron chi connectivity index (χ2n) is 4.23. The van der Waals surface area contributed by atoms with Crippen LogP contribution in [0.15, 0.2) is 23.1 Å². The summed E-state index contributed by atoms with van der Waals surface area (Å²) in [7, 11) is -7.05. The lowest BCUT2D eigenvalue weighted by Gasteiger charge is -2.10. The number of unbranched alkanes of at least 4 members (excludes halogenated alkanes) is 1. The second-order valence-corrected chi connectivity index (χ2v) is 8.08. The van der Waals surface area contributed by atoms with Crippen molar-refractivity contribution in [3.05, 3.63) is 18.2 Å². The van der Waals surface area contributed by atoms with E-state index in [1.165, 1.54) is 6.07 Å². The molecular formula is C11H17NO5S2. The van der Waals surface area contributed by atoms with Crippen molar-refractivity contribution in [1.29, 1.82) is 0 Å². The summed E-state index contributed by atoms with van der Waals surface area (Å²) in [5.74, 6) is -0.390. The van der Waals surface area contributed by atoms with Crippen molar-refractivity contribution >= 4 is 25.5 Å². The maximum Gasteiger partial charge on any atom is 0.232 e. The van der Waals surface area contributed by atoms with Gasteiger partial charge in [-0.05, 0) is 24.6 Å². The van der Waals surface area contributed by atoms with Crippen LogP contribution in [0.4, 0.5) is 5.69 Å². The summed E-state index contributed by atoms with van der Waals surface area (Å²) in [5, 5.41) is 9.57. The van der Waals surface area contributed by atoms with Crippen LogP contribution in [0, 0.1) is 0 Å². The number of phenolic OH excluding ortho intramolecular Hbond substituents is 1. The van der Waals surface area contributed by atoms with Crippen LogP contribution in [0.1, 0.15) is 19.8 Å². The van der Waals surface area contributed by atoms with Gasteiger partial charge in [0, 0.05) is 6.26 Å². The largest absolute Gasteiger partial charge is 0.506 e. The third-order valence-electron chi connectivity index (χ3n) is 2.43. The number of nitrogens with one attached hydrogen (secondary N) is 1. The molecule has 0 amide bonds. The van der Waals surface area contributed by atoms with Gasteiger partial charge in [0.25, 0.3) is 0 Å². The molecule has 0 radical (unpaired) electrons. The average Bonchev–Trinajstić information content (AvgIpc) is 2.28. The molecule has 0 atom stereocenters. The molecule has 0 aliphatic rings. The van der Waals surface area contributed by atoms with Crippen molar-refractivity contribution < 1.29 is 21.9 Å². The lowest BCUT2D eigenvalue weighted by molar-refractivity contribution is 0.477. The molecule has 0 fully saturated rings. The van der Waals surface area contributed by atoms with Crippen molar-refractivity contribution in [2.75, 3.05) is 16.7 Å². The fraction of sp³-hybridized carbons (Fsp3) is 0.455. The molecule has 0 heterocycles. The van der Waals surface area contributed by atoms with Gasteiger partial charge in [0.05, 0.1) is 16.3 Å². The minimum absolute atomic E-state index is 0.0570.